The van der Waals surface area contributed by atoms with Gasteiger partial charge in [0.25, 0.3) is 0 Å². The predicted octanol–water partition coefficient (Wildman–Crippen LogP) is 5.53. The molecule has 1 saturated heterocycles. The number of imidazole rings is 2. The zero-order chi connectivity index (χ0) is 23.5. The van der Waals surface area contributed by atoms with Crippen LogP contribution < -0.4 is 4.74 Å². The predicted molar refractivity (Wildman–Crippen MR) is 133 cm³/mol. The lowest BCUT2D eigenvalue weighted by Crippen LogP contribution is -2.34. The first-order chi connectivity index (χ1) is 16.6. The van der Waals surface area contributed by atoms with Gasteiger partial charge in [-0.3, -0.25) is 3.97 Å². The van der Waals surface area contributed by atoms with Gasteiger partial charge in [0.05, 0.1) is 36.4 Å². The van der Waals surface area contributed by atoms with E-state index in [9.17, 15) is 0 Å². The third-order valence-electron chi connectivity index (χ3n) is 5.54. The van der Waals surface area contributed by atoms with E-state index in [1.807, 2.05) is 57.5 Å². The van der Waals surface area contributed by atoms with Crippen molar-refractivity contribution in [2.75, 3.05) is 19.5 Å². The van der Waals surface area contributed by atoms with Crippen LogP contribution in [0, 0.1) is 0 Å². The fourth-order valence-corrected chi connectivity index (χ4v) is 4.97. The monoisotopic (exact) mass is 516 g/mol. The van der Waals surface area contributed by atoms with Crippen molar-refractivity contribution in [3.05, 3.63) is 89.3 Å². The highest BCUT2D eigenvalue weighted by Crippen LogP contribution is 2.40. The second kappa shape index (κ2) is 10.0. The van der Waals surface area contributed by atoms with E-state index in [0.29, 0.717) is 35.4 Å². The van der Waals surface area contributed by atoms with Crippen molar-refractivity contribution in [2.24, 2.45) is 0 Å². The van der Waals surface area contributed by atoms with E-state index in [0.717, 1.165) is 17.0 Å². The Bertz CT molecular complexity index is 1250. The largest absolute Gasteiger partial charge is 0.491 e. The van der Waals surface area contributed by atoms with Gasteiger partial charge in [0.15, 0.2) is 0 Å². The van der Waals surface area contributed by atoms with E-state index in [1.165, 1.54) is 0 Å². The van der Waals surface area contributed by atoms with Gasteiger partial charge >= 0.3 is 0 Å². The quantitative estimate of drug-likeness (QED) is 0.307. The summed E-state index contributed by atoms with van der Waals surface area (Å²) in [7, 11) is 0. The molecular weight excluding hydrogens is 495 g/mol. The number of ether oxygens (including phenoxy) is 3. The summed E-state index contributed by atoms with van der Waals surface area (Å²) in [5.74, 6) is -0.324. The van der Waals surface area contributed by atoms with Crippen molar-refractivity contribution in [2.45, 2.75) is 18.4 Å². The third kappa shape index (κ3) is 4.82. The van der Waals surface area contributed by atoms with Crippen LogP contribution in [0.5, 0.6) is 5.75 Å². The molecule has 0 aliphatic carbocycles. The molecule has 2 aromatic carbocycles. The molecule has 10 heteroatoms. The van der Waals surface area contributed by atoms with E-state index in [1.54, 1.807) is 42.9 Å². The molecule has 0 saturated carbocycles. The van der Waals surface area contributed by atoms with Crippen molar-refractivity contribution in [1.29, 1.82) is 0 Å². The molecule has 34 heavy (non-hydrogen) atoms. The second-order valence-corrected chi connectivity index (χ2v) is 9.39. The Morgan fingerprint density at radius 1 is 1.15 bits per heavy atom. The molecule has 176 valence electrons. The van der Waals surface area contributed by atoms with Gasteiger partial charge in [-0.1, -0.05) is 29.3 Å². The lowest BCUT2D eigenvalue weighted by Gasteiger charge is -2.30. The van der Waals surface area contributed by atoms with Gasteiger partial charge in [0.1, 0.15) is 24.8 Å². The summed E-state index contributed by atoms with van der Waals surface area (Å²) >= 11 is 14.2. The first-order valence-electron chi connectivity index (χ1n) is 10.6. The maximum absolute atomic E-state index is 6.53. The number of hydrogen-bond donors (Lipinski definition) is 0. The van der Waals surface area contributed by atoms with Crippen LogP contribution in [-0.4, -0.2) is 44.1 Å². The first-order valence-corrected chi connectivity index (χ1v) is 12.5. The highest BCUT2D eigenvalue weighted by molar-refractivity contribution is 7.97. The summed E-state index contributed by atoms with van der Waals surface area (Å²) in [4.78, 5) is 8.34. The molecule has 2 aromatic heterocycles. The summed E-state index contributed by atoms with van der Waals surface area (Å²) in [6.07, 6.45) is 10.6. The molecule has 7 nitrogen and oxygen atoms in total. The standard InChI is InChI=1S/C24H22Cl2N4O3S/c1-34-30-16-28-11-23(30)17-2-5-19(6-3-17)31-12-20-13-32-24(33-20,14-29-9-8-27-15-29)21-7-4-18(25)10-22(21)26/h2-11,15-16,20H,12-14H2,1H3/t20-,24-/m1/s1. The van der Waals surface area contributed by atoms with E-state index in [4.69, 9.17) is 37.4 Å². The van der Waals surface area contributed by atoms with Crippen LogP contribution in [0.2, 0.25) is 10.0 Å². The highest BCUT2D eigenvalue weighted by Gasteiger charge is 2.45. The number of rotatable bonds is 8. The van der Waals surface area contributed by atoms with Crippen LogP contribution >= 0.6 is 35.1 Å². The molecule has 0 N–H and O–H groups in total. The number of halogens is 2. The van der Waals surface area contributed by atoms with Crippen LogP contribution in [-0.2, 0) is 21.8 Å². The maximum atomic E-state index is 6.53. The molecule has 0 amide bonds. The normalized spacial score (nSPS) is 20.0. The second-order valence-electron chi connectivity index (χ2n) is 7.79. The van der Waals surface area contributed by atoms with Gasteiger partial charge in [-0.05, 0) is 48.3 Å². The van der Waals surface area contributed by atoms with Gasteiger partial charge < -0.3 is 18.8 Å². The van der Waals surface area contributed by atoms with Crippen molar-refractivity contribution >= 4 is 35.1 Å². The summed E-state index contributed by atoms with van der Waals surface area (Å²) in [6.45, 7) is 1.08. The highest BCUT2D eigenvalue weighted by atomic mass is 35.5. The Hall–Kier alpha value is -2.49. The molecule has 0 spiro atoms. The number of benzene rings is 2. The maximum Gasteiger partial charge on any atom is 0.215 e. The average Bonchev–Trinajstić information content (AvgIpc) is 3.60. The van der Waals surface area contributed by atoms with Crippen molar-refractivity contribution in [3.8, 4) is 17.0 Å². The van der Waals surface area contributed by atoms with Crippen LogP contribution in [0.4, 0.5) is 0 Å². The van der Waals surface area contributed by atoms with Crippen LogP contribution in [0.15, 0.2) is 73.7 Å². The van der Waals surface area contributed by atoms with E-state index < -0.39 is 5.79 Å². The fraction of sp³-hybridized carbons (Fsp3) is 0.250. The Labute approximate surface area is 211 Å². The Balaban J connectivity index is 1.29. The topological polar surface area (TPSA) is 63.3 Å². The summed E-state index contributed by atoms with van der Waals surface area (Å²) < 4.78 is 22.6. The van der Waals surface area contributed by atoms with E-state index >= 15 is 0 Å². The first kappa shape index (κ1) is 23.3. The van der Waals surface area contributed by atoms with Crippen molar-refractivity contribution in [3.63, 3.8) is 0 Å². The molecule has 3 heterocycles. The van der Waals surface area contributed by atoms with Crippen LogP contribution in [0.25, 0.3) is 11.3 Å². The summed E-state index contributed by atoms with van der Waals surface area (Å²) in [6, 6.07) is 13.2. The average molecular weight is 517 g/mol. The minimum absolute atomic E-state index is 0.284. The molecule has 1 aliphatic rings. The number of aromatic nitrogens is 4. The smallest absolute Gasteiger partial charge is 0.215 e. The van der Waals surface area contributed by atoms with Gasteiger partial charge in [-0.2, -0.15) is 0 Å². The van der Waals surface area contributed by atoms with Gasteiger partial charge in [-0.25, -0.2) is 9.97 Å². The Morgan fingerprint density at radius 2 is 2.00 bits per heavy atom. The molecule has 4 aromatic rings. The van der Waals surface area contributed by atoms with E-state index in [2.05, 4.69) is 9.97 Å². The lowest BCUT2D eigenvalue weighted by molar-refractivity contribution is -0.189. The summed E-state index contributed by atoms with van der Waals surface area (Å²) in [5.41, 5.74) is 2.82. The molecule has 0 radical (unpaired) electrons. The Morgan fingerprint density at radius 3 is 2.74 bits per heavy atom. The van der Waals surface area contributed by atoms with Crippen LogP contribution in [0.3, 0.4) is 0 Å². The van der Waals surface area contributed by atoms with Gasteiger partial charge in [0, 0.05) is 34.8 Å². The Kier molecular flexibility index (Phi) is 6.85. The molecule has 1 fully saturated rings. The van der Waals surface area contributed by atoms with Crippen molar-refractivity contribution in [1.82, 2.24) is 18.5 Å². The number of nitrogens with zero attached hydrogens (tertiary/aromatic N) is 4. The summed E-state index contributed by atoms with van der Waals surface area (Å²) in [5, 5.41) is 1.03. The van der Waals surface area contributed by atoms with E-state index in [-0.39, 0.29) is 6.10 Å². The minimum atomic E-state index is -1.07. The molecule has 1 aliphatic heterocycles. The number of hydrogen-bond acceptors (Lipinski definition) is 6. The zero-order valence-corrected chi connectivity index (χ0v) is 20.6. The minimum Gasteiger partial charge on any atom is -0.491 e. The molecule has 5 rings (SSSR count). The SMILES string of the molecule is CSn1cncc1-c1ccc(OC[C@@H]2CO[C@@](Cn3ccnc3)(c3ccc(Cl)cc3Cl)O2)cc1. The van der Waals surface area contributed by atoms with Crippen molar-refractivity contribution < 1.29 is 14.2 Å². The fourth-order valence-electron chi connectivity index (χ4n) is 3.92. The molecule has 0 bridgehead atoms. The van der Waals surface area contributed by atoms with Gasteiger partial charge in [-0.15, -0.1) is 0 Å². The van der Waals surface area contributed by atoms with Crippen LogP contribution in [0.1, 0.15) is 5.56 Å². The molecular formula is C24H22Cl2N4O3S. The molecule has 0 unspecified atom stereocenters. The van der Waals surface area contributed by atoms with Gasteiger partial charge in [0.2, 0.25) is 5.79 Å². The lowest BCUT2D eigenvalue weighted by atomic mass is 10.1. The molecule has 2 atom stereocenters. The third-order valence-corrected chi connectivity index (χ3v) is 6.77. The zero-order valence-electron chi connectivity index (χ0n) is 18.3.